The minimum atomic E-state index is -0.0185. The average Bonchev–Trinajstić information content (AvgIpc) is 3.17. The summed E-state index contributed by atoms with van der Waals surface area (Å²) in [4.78, 5) is 20.1. The van der Waals surface area contributed by atoms with E-state index in [-0.39, 0.29) is 5.56 Å². The number of aryl methyl sites for hydroxylation is 1. The van der Waals surface area contributed by atoms with Crippen molar-refractivity contribution in [2.24, 2.45) is 0 Å². The Kier molecular flexibility index (Phi) is 5.72. The Hall–Kier alpha value is -2.27. The third-order valence-corrected chi connectivity index (χ3v) is 5.75. The molecule has 0 amide bonds. The van der Waals surface area contributed by atoms with Crippen LogP contribution in [0.25, 0.3) is 17.0 Å². The lowest BCUT2D eigenvalue weighted by atomic mass is 10.1. The van der Waals surface area contributed by atoms with Gasteiger partial charge in [-0.15, -0.1) is 0 Å². The number of piperidine rings is 1. The van der Waals surface area contributed by atoms with Crippen molar-refractivity contribution in [1.29, 1.82) is 0 Å². The van der Waals surface area contributed by atoms with Crippen LogP contribution in [0.15, 0.2) is 41.3 Å². The van der Waals surface area contributed by atoms with E-state index in [4.69, 9.17) is 16.6 Å². The number of rotatable bonds is 6. The molecule has 0 aliphatic carbocycles. The Morgan fingerprint density at radius 3 is 2.54 bits per heavy atom. The van der Waals surface area contributed by atoms with Crippen molar-refractivity contribution < 1.29 is 0 Å². The number of benzene rings is 1. The van der Waals surface area contributed by atoms with E-state index in [2.05, 4.69) is 16.4 Å². The molecule has 2 aromatic heterocycles. The van der Waals surface area contributed by atoms with E-state index in [0.29, 0.717) is 5.02 Å². The highest BCUT2D eigenvalue weighted by atomic mass is 35.5. The van der Waals surface area contributed by atoms with E-state index >= 15 is 0 Å². The standard InChI is InChI=1S/C22H27ClN4O/c1-2-3-5-14-26-20(25-12-6-4-7-13-25)15-21(28)27-16-19(24-22(26)27)17-8-10-18(23)11-9-17/h8-11,15-16H,2-7,12-14H2,1H3. The zero-order valence-corrected chi connectivity index (χ0v) is 17.2. The number of hydrogen-bond acceptors (Lipinski definition) is 3. The number of anilines is 1. The maximum atomic E-state index is 12.9. The summed E-state index contributed by atoms with van der Waals surface area (Å²) in [6.45, 7) is 5.10. The van der Waals surface area contributed by atoms with Crippen molar-refractivity contribution in [3.05, 3.63) is 51.9 Å². The molecule has 148 valence electrons. The molecular weight excluding hydrogens is 372 g/mol. The van der Waals surface area contributed by atoms with Crippen LogP contribution < -0.4 is 10.5 Å². The topological polar surface area (TPSA) is 42.5 Å². The number of nitrogens with zero attached hydrogens (tertiary/aromatic N) is 4. The van der Waals surface area contributed by atoms with E-state index in [0.717, 1.165) is 48.9 Å². The molecule has 4 rings (SSSR count). The lowest BCUT2D eigenvalue weighted by Gasteiger charge is -2.31. The third-order valence-electron chi connectivity index (χ3n) is 5.50. The van der Waals surface area contributed by atoms with Crippen molar-refractivity contribution in [1.82, 2.24) is 14.0 Å². The Labute approximate surface area is 170 Å². The van der Waals surface area contributed by atoms with Gasteiger partial charge in [-0.2, -0.15) is 0 Å². The number of aromatic nitrogens is 3. The van der Waals surface area contributed by atoms with Gasteiger partial charge in [0.1, 0.15) is 5.82 Å². The first-order chi connectivity index (χ1) is 13.7. The Morgan fingerprint density at radius 1 is 1.07 bits per heavy atom. The molecule has 0 atom stereocenters. The van der Waals surface area contributed by atoms with Gasteiger partial charge in [-0.05, 0) is 37.8 Å². The van der Waals surface area contributed by atoms with Crippen LogP contribution in [-0.2, 0) is 6.54 Å². The summed E-state index contributed by atoms with van der Waals surface area (Å²) in [5.41, 5.74) is 1.75. The second kappa shape index (κ2) is 8.39. The average molecular weight is 399 g/mol. The summed E-state index contributed by atoms with van der Waals surface area (Å²) in [5, 5.41) is 0.694. The third kappa shape index (κ3) is 3.81. The predicted octanol–water partition coefficient (Wildman–Crippen LogP) is 5.00. The van der Waals surface area contributed by atoms with E-state index in [1.54, 1.807) is 10.5 Å². The van der Waals surface area contributed by atoms with Crippen LogP contribution in [0.2, 0.25) is 5.02 Å². The van der Waals surface area contributed by atoms with Crippen molar-refractivity contribution in [3.8, 4) is 11.3 Å². The molecule has 5 nitrogen and oxygen atoms in total. The van der Waals surface area contributed by atoms with Crippen LogP contribution in [-0.4, -0.2) is 27.0 Å². The fraction of sp³-hybridized carbons (Fsp3) is 0.455. The molecule has 0 saturated carbocycles. The SMILES string of the molecule is CCCCCn1c(N2CCCCC2)cc(=O)n2cc(-c3ccc(Cl)cc3)nc12. The van der Waals surface area contributed by atoms with Crippen molar-refractivity contribution in [2.45, 2.75) is 52.0 Å². The summed E-state index contributed by atoms with van der Waals surface area (Å²) in [5.74, 6) is 1.75. The molecule has 0 bridgehead atoms. The van der Waals surface area contributed by atoms with Gasteiger partial charge in [0, 0.05) is 42.5 Å². The fourth-order valence-electron chi connectivity index (χ4n) is 3.96. The zero-order chi connectivity index (χ0) is 19.5. The zero-order valence-electron chi connectivity index (χ0n) is 16.4. The molecular formula is C22H27ClN4O. The van der Waals surface area contributed by atoms with Crippen LogP contribution >= 0.6 is 11.6 Å². The van der Waals surface area contributed by atoms with Gasteiger partial charge in [0.05, 0.1) is 5.69 Å². The van der Waals surface area contributed by atoms with Crippen LogP contribution in [0.3, 0.4) is 0 Å². The minimum Gasteiger partial charge on any atom is -0.358 e. The molecule has 0 unspecified atom stereocenters. The highest BCUT2D eigenvalue weighted by molar-refractivity contribution is 6.30. The molecule has 1 aliphatic heterocycles. The summed E-state index contributed by atoms with van der Waals surface area (Å²) in [6, 6.07) is 9.39. The molecule has 1 aromatic carbocycles. The largest absolute Gasteiger partial charge is 0.358 e. The minimum absolute atomic E-state index is 0.0185. The number of halogens is 1. The number of unbranched alkanes of at least 4 members (excludes halogenated alkanes) is 2. The van der Waals surface area contributed by atoms with Gasteiger partial charge in [-0.3, -0.25) is 13.8 Å². The maximum Gasteiger partial charge on any atom is 0.261 e. The van der Waals surface area contributed by atoms with Gasteiger partial charge in [-0.25, -0.2) is 4.98 Å². The molecule has 3 heterocycles. The van der Waals surface area contributed by atoms with Gasteiger partial charge >= 0.3 is 0 Å². The molecule has 0 N–H and O–H groups in total. The second-order valence-electron chi connectivity index (χ2n) is 7.55. The highest BCUT2D eigenvalue weighted by Gasteiger charge is 2.19. The smallest absolute Gasteiger partial charge is 0.261 e. The van der Waals surface area contributed by atoms with Crippen LogP contribution in [0.1, 0.15) is 45.4 Å². The van der Waals surface area contributed by atoms with Crippen molar-refractivity contribution in [3.63, 3.8) is 0 Å². The van der Waals surface area contributed by atoms with E-state index in [1.165, 1.54) is 32.1 Å². The van der Waals surface area contributed by atoms with Crippen LogP contribution in [0, 0.1) is 0 Å². The summed E-state index contributed by atoms with van der Waals surface area (Å²) in [6.07, 6.45) is 8.89. The molecule has 1 saturated heterocycles. The second-order valence-corrected chi connectivity index (χ2v) is 7.99. The fourth-order valence-corrected chi connectivity index (χ4v) is 4.09. The van der Waals surface area contributed by atoms with Crippen molar-refractivity contribution >= 4 is 23.2 Å². The molecule has 6 heteroatoms. The van der Waals surface area contributed by atoms with Gasteiger partial charge in [0.25, 0.3) is 5.56 Å². The van der Waals surface area contributed by atoms with Gasteiger partial charge in [-0.1, -0.05) is 43.5 Å². The van der Waals surface area contributed by atoms with Crippen LogP contribution in [0.4, 0.5) is 5.82 Å². The molecule has 0 radical (unpaired) electrons. The van der Waals surface area contributed by atoms with E-state index < -0.39 is 0 Å². The molecule has 28 heavy (non-hydrogen) atoms. The molecule has 3 aromatic rings. The van der Waals surface area contributed by atoms with Crippen molar-refractivity contribution in [2.75, 3.05) is 18.0 Å². The highest BCUT2D eigenvalue weighted by Crippen LogP contribution is 2.25. The first-order valence-corrected chi connectivity index (χ1v) is 10.7. The predicted molar refractivity (Wildman–Crippen MR) is 115 cm³/mol. The Morgan fingerprint density at radius 2 is 1.82 bits per heavy atom. The number of fused-ring (bicyclic) bond motifs is 1. The lowest BCUT2D eigenvalue weighted by Crippen LogP contribution is -2.34. The first-order valence-electron chi connectivity index (χ1n) is 10.3. The Balaban J connectivity index is 1.83. The van der Waals surface area contributed by atoms with Gasteiger partial charge < -0.3 is 4.90 Å². The number of hydrogen-bond donors (Lipinski definition) is 0. The maximum absolute atomic E-state index is 12.9. The molecule has 1 fully saturated rings. The van der Waals surface area contributed by atoms with E-state index in [1.807, 2.05) is 30.5 Å². The van der Waals surface area contributed by atoms with Gasteiger partial charge in [0.2, 0.25) is 5.78 Å². The lowest BCUT2D eigenvalue weighted by molar-refractivity contribution is 0.543. The van der Waals surface area contributed by atoms with E-state index in [9.17, 15) is 4.79 Å². The number of imidazole rings is 1. The molecule has 0 spiro atoms. The molecule has 1 aliphatic rings. The summed E-state index contributed by atoms with van der Waals surface area (Å²) in [7, 11) is 0. The monoisotopic (exact) mass is 398 g/mol. The summed E-state index contributed by atoms with van der Waals surface area (Å²) < 4.78 is 3.92. The quantitative estimate of drug-likeness (QED) is 0.549. The van der Waals surface area contributed by atoms with Crippen LogP contribution in [0.5, 0.6) is 0 Å². The first kappa shape index (κ1) is 19.1. The summed E-state index contributed by atoms with van der Waals surface area (Å²) >= 11 is 6.02. The Bertz CT molecular complexity index is 1000. The van der Waals surface area contributed by atoms with Gasteiger partial charge in [0.15, 0.2) is 0 Å². The normalized spacial score (nSPS) is 14.7.